The quantitative estimate of drug-likeness (QED) is 0.838. The molecule has 3 N–H and O–H groups in total. The van der Waals surface area contributed by atoms with E-state index in [2.05, 4.69) is 22.1 Å². The second-order valence-electron chi connectivity index (χ2n) is 3.90. The summed E-state index contributed by atoms with van der Waals surface area (Å²) < 4.78 is 0. The van der Waals surface area contributed by atoms with Gasteiger partial charge in [0, 0.05) is 16.0 Å². The highest BCUT2D eigenvalue weighted by Crippen LogP contribution is 2.21. The first-order valence-electron chi connectivity index (χ1n) is 5.82. The molecule has 0 bridgehead atoms. The van der Waals surface area contributed by atoms with Crippen LogP contribution >= 0.6 is 22.9 Å². The maximum atomic E-state index is 12.1. The fourth-order valence-corrected chi connectivity index (χ4v) is 2.29. The summed E-state index contributed by atoms with van der Waals surface area (Å²) in [5.74, 6) is 5.36. The predicted molar refractivity (Wildman–Crippen MR) is 82.2 cm³/mol. The number of halogens is 1. The van der Waals surface area contributed by atoms with Gasteiger partial charge in [-0.2, -0.15) is 0 Å². The van der Waals surface area contributed by atoms with E-state index in [1.54, 1.807) is 23.6 Å². The van der Waals surface area contributed by atoms with Crippen molar-refractivity contribution in [2.75, 3.05) is 11.9 Å². The topological polar surface area (TPSA) is 68.0 Å². The van der Waals surface area contributed by atoms with Crippen molar-refractivity contribution in [1.82, 2.24) is 4.98 Å². The van der Waals surface area contributed by atoms with Gasteiger partial charge in [0.05, 0.1) is 17.2 Å². The van der Waals surface area contributed by atoms with E-state index >= 15 is 0 Å². The highest BCUT2D eigenvalue weighted by atomic mass is 35.5. The average Bonchev–Trinajstić information content (AvgIpc) is 2.85. The number of benzene rings is 1. The molecule has 0 spiro atoms. The SMILES string of the molecule is Cc1nc(C(=O)Nc2cc(Cl)ccc2C#CCN)cs1. The number of amides is 1. The van der Waals surface area contributed by atoms with Crippen LogP contribution in [-0.2, 0) is 0 Å². The third-order valence-corrected chi connectivity index (χ3v) is 3.42. The molecule has 0 fully saturated rings. The van der Waals surface area contributed by atoms with Crippen molar-refractivity contribution in [3.8, 4) is 11.8 Å². The summed E-state index contributed by atoms with van der Waals surface area (Å²) in [6, 6.07) is 5.11. The van der Waals surface area contributed by atoms with Crippen LogP contribution in [0, 0.1) is 18.8 Å². The summed E-state index contributed by atoms with van der Waals surface area (Å²) in [6.07, 6.45) is 0. The first-order valence-corrected chi connectivity index (χ1v) is 7.08. The molecule has 0 aliphatic rings. The number of aromatic nitrogens is 1. The van der Waals surface area contributed by atoms with E-state index < -0.39 is 0 Å². The minimum atomic E-state index is -0.285. The van der Waals surface area contributed by atoms with Crippen molar-refractivity contribution in [3.05, 3.63) is 44.9 Å². The standard InChI is InChI=1S/C14H12ClN3OS/c1-9-17-13(8-20-9)14(19)18-12-7-11(15)5-4-10(12)3-2-6-16/h4-5,7-8H,6,16H2,1H3,(H,18,19). The zero-order valence-electron chi connectivity index (χ0n) is 10.7. The van der Waals surface area contributed by atoms with Crippen LogP contribution in [-0.4, -0.2) is 17.4 Å². The Kier molecular flexibility index (Phi) is 4.74. The number of anilines is 1. The number of nitrogens with one attached hydrogen (secondary N) is 1. The first kappa shape index (κ1) is 14.5. The molecule has 1 heterocycles. The lowest BCUT2D eigenvalue weighted by molar-refractivity contribution is 0.102. The summed E-state index contributed by atoms with van der Waals surface area (Å²) in [6.45, 7) is 2.10. The van der Waals surface area contributed by atoms with Gasteiger partial charge in [0.1, 0.15) is 5.69 Å². The molecule has 4 nitrogen and oxygen atoms in total. The van der Waals surface area contributed by atoms with Crippen molar-refractivity contribution in [3.63, 3.8) is 0 Å². The molecule has 1 aromatic carbocycles. The fraction of sp³-hybridized carbons (Fsp3) is 0.143. The second-order valence-corrected chi connectivity index (χ2v) is 5.40. The number of hydrogen-bond donors (Lipinski definition) is 2. The van der Waals surface area contributed by atoms with Crippen molar-refractivity contribution >= 4 is 34.5 Å². The molecule has 2 rings (SSSR count). The van der Waals surface area contributed by atoms with E-state index in [4.69, 9.17) is 17.3 Å². The van der Waals surface area contributed by atoms with Crippen LogP contribution in [0.3, 0.4) is 0 Å². The normalized spacial score (nSPS) is 9.75. The van der Waals surface area contributed by atoms with Crippen LogP contribution in [0.1, 0.15) is 21.1 Å². The molecule has 0 atom stereocenters. The number of nitrogens with zero attached hydrogens (tertiary/aromatic N) is 1. The molecule has 2 aromatic rings. The Morgan fingerprint density at radius 2 is 2.35 bits per heavy atom. The molecular formula is C14H12ClN3OS. The highest BCUT2D eigenvalue weighted by Gasteiger charge is 2.11. The molecule has 0 aliphatic heterocycles. The van der Waals surface area contributed by atoms with E-state index in [-0.39, 0.29) is 12.5 Å². The summed E-state index contributed by atoms with van der Waals surface area (Å²) in [7, 11) is 0. The van der Waals surface area contributed by atoms with E-state index in [0.29, 0.717) is 22.0 Å². The van der Waals surface area contributed by atoms with Crippen molar-refractivity contribution in [1.29, 1.82) is 0 Å². The minimum Gasteiger partial charge on any atom is -0.320 e. The lowest BCUT2D eigenvalue weighted by Gasteiger charge is -2.06. The number of aryl methyl sites for hydroxylation is 1. The van der Waals surface area contributed by atoms with Gasteiger partial charge >= 0.3 is 0 Å². The summed E-state index contributed by atoms with van der Waals surface area (Å²) in [5, 5.41) is 5.83. The van der Waals surface area contributed by atoms with Gasteiger partial charge in [0.25, 0.3) is 5.91 Å². The van der Waals surface area contributed by atoms with Crippen molar-refractivity contribution in [2.45, 2.75) is 6.92 Å². The van der Waals surface area contributed by atoms with Gasteiger partial charge in [-0.15, -0.1) is 11.3 Å². The third-order valence-electron chi connectivity index (χ3n) is 2.41. The van der Waals surface area contributed by atoms with Crippen LogP contribution in [0.4, 0.5) is 5.69 Å². The van der Waals surface area contributed by atoms with E-state index in [0.717, 1.165) is 5.01 Å². The minimum absolute atomic E-state index is 0.251. The Bertz CT molecular complexity index is 700. The maximum Gasteiger partial charge on any atom is 0.275 e. The van der Waals surface area contributed by atoms with Crippen LogP contribution < -0.4 is 11.1 Å². The number of thiazole rings is 1. The molecule has 0 saturated heterocycles. The monoisotopic (exact) mass is 305 g/mol. The van der Waals surface area contributed by atoms with Gasteiger partial charge in [0.2, 0.25) is 0 Å². The Morgan fingerprint density at radius 1 is 1.55 bits per heavy atom. The van der Waals surface area contributed by atoms with Crippen molar-refractivity contribution < 1.29 is 4.79 Å². The molecule has 102 valence electrons. The molecule has 0 radical (unpaired) electrons. The summed E-state index contributed by atoms with van der Waals surface area (Å²) in [4.78, 5) is 16.2. The van der Waals surface area contributed by atoms with Gasteiger partial charge < -0.3 is 11.1 Å². The van der Waals surface area contributed by atoms with Crippen LogP contribution in [0.15, 0.2) is 23.6 Å². The Morgan fingerprint density at radius 3 is 3.00 bits per heavy atom. The van der Waals surface area contributed by atoms with Gasteiger partial charge in [-0.3, -0.25) is 4.79 Å². The third kappa shape index (κ3) is 3.58. The Labute approximate surface area is 126 Å². The molecule has 6 heteroatoms. The molecule has 0 saturated carbocycles. The van der Waals surface area contributed by atoms with Crippen molar-refractivity contribution in [2.24, 2.45) is 5.73 Å². The van der Waals surface area contributed by atoms with E-state index in [1.165, 1.54) is 11.3 Å². The number of carbonyl (C=O) groups is 1. The predicted octanol–water partition coefficient (Wildman–Crippen LogP) is 2.67. The Hall–Kier alpha value is -1.87. The van der Waals surface area contributed by atoms with E-state index in [9.17, 15) is 4.79 Å². The average molecular weight is 306 g/mol. The van der Waals surface area contributed by atoms with Crippen LogP contribution in [0.2, 0.25) is 5.02 Å². The number of hydrogen-bond acceptors (Lipinski definition) is 4. The lowest BCUT2D eigenvalue weighted by atomic mass is 10.1. The van der Waals surface area contributed by atoms with Gasteiger partial charge in [-0.05, 0) is 25.1 Å². The zero-order valence-corrected chi connectivity index (χ0v) is 12.3. The first-order chi connectivity index (χ1) is 9.60. The molecule has 1 amide bonds. The Balaban J connectivity index is 2.28. The van der Waals surface area contributed by atoms with Gasteiger partial charge in [-0.1, -0.05) is 23.4 Å². The molecule has 0 unspecified atom stereocenters. The fourth-order valence-electron chi connectivity index (χ4n) is 1.53. The van der Waals surface area contributed by atoms with Gasteiger partial charge in [-0.25, -0.2) is 4.98 Å². The van der Waals surface area contributed by atoms with Gasteiger partial charge in [0.15, 0.2) is 0 Å². The lowest BCUT2D eigenvalue weighted by Crippen LogP contribution is -2.13. The largest absolute Gasteiger partial charge is 0.320 e. The smallest absolute Gasteiger partial charge is 0.275 e. The maximum absolute atomic E-state index is 12.1. The molecule has 1 aromatic heterocycles. The van der Waals surface area contributed by atoms with Crippen LogP contribution in [0.5, 0.6) is 0 Å². The highest BCUT2D eigenvalue weighted by molar-refractivity contribution is 7.09. The summed E-state index contributed by atoms with van der Waals surface area (Å²) >= 11 is 7.37. The zero-order chi connectivity index (χ0) is 14.5. The number of rotatable bonds is 2. The van der Waals surface area contributed by atoms with E-state index in [1.807, 2.05) is 6.92 Å². The number of nitrogens with two attached hydrogens (primary N) is 1. The molecule has 0 aliphatic carbocycles. The van der Waals surface area contributed by atoms with Crippen LogP contribution in [0.25, 0.3) is 0 Å². The number of carbonyl (C=O) groups excluding carboxylic acids is 1. The summed E-state index contributed by atoms with van der Waals surface area (Å²) in [5.41, 5.74) is 6.95. The second kappa shape index (κ2) is 6.53. The molecular weight excluding hydrogens is 294 g/mol. The molecule has 20 heavy (non-hydrogen) atoms.